The van der Waals surface area contributed by atoms with Crippen molar-refractivity contribution < 1.29 is 14.3 Å². The summed E-state index contributed by atoms with van der Waals surface area (Å²) in [6.45, 7) is 10.4. The first kappa shape index (κ1) is 20.4. The highest BCUT2D eigenvalue weighted by atomic mass is 32.2. The van der Waals surface area contributed by atoms with Crippen LogP contribution in [0.1, 0.15) is 52.9 Å². The first-order valence-electron chi connectivity index (χ1n) is 8.30. The molecule has 0 aromatic carbocycles. The lowest BCUT2D eigenvalue weighted by Crippen LogP contribution is -2.15. The van der Waals surface area contributed by atoms with Crippen molar-refractivity contribution in [3.05, 3.63) is 22.5 Å². The fraction of sp³-hybridized carbons (Fsp3) is 0.529. The number of hydrogen-bond acceptors (Lipinski definition) is 8. The Hall–Kier alpha value is -1.87. The molecule has 2 rings (SSSR count). The molecule has 142 valence electrons. The van der Waals surface area contributed by atoms with Crippen LogP contribution in [-0.2, 0) is 4.74 Å². The highest BCUT2D eigenvalue weighted by Gasteiger charge is 2.26. The van der Waals surface area contributed by atoms with Crippen molar-refractivity contribution in [2.24, 2.45) is 5.92 Å². The van der Waals surface area contributed by atoms with E-state index in [4.69, 9.17) is 4.74 Å². The highest BCUT2D eigenvalue weighted by Crippen LogP contribution is 2.31. The minimum absolute atomic E-state index is 0.0855. The van der Waals surface area contributed by atoms with Crippen LogP contribution in [-0.4, -0.2) is 45.8 Å². The average Bonchev–Trinajstić information content (AvgIpc) is 3.15. The molecule has 0 fully saturated rings. The van der Waals surface area contributed by atoms with Crippen LogP contribution in [0.5, 0.6) is 0 Å². The van der Waals surface area contributed by atoms with Crippen molar-refractivity contribution in [3.63, 3.8) is 0 Å². The fourth-order valence-corrected chi connectivity index (χ4v) is 4.39. The van der Waals surface area contributed by atoms with Crippen LogP contribution < -0.4 is 5.32 Å². The van der Waals surface area contributed by atoms with E-state index in [1.54, 1.807) is 13.8 Å². The van der Waals surface area contributed by atoms with Gasteiger partial charge in [-0.2, -0.15) is 0 Å². The van der Waals surface area contributed by atoms with Gasteiger partial charge < -0.3 is 15.0 Å². The SMILES string of the molecule is COC(=O)c1c(C)[nH]c(C(=O)[C@H](C)Sc2nnc(NCC(C)C)s2)c1C. The number of methoxy groups -OCH3 is 1. The Balaban J connectivity index is 2.10. The van der Waals surface area contributed by atoms with Crippen LogP contribution in [0.3, 0.4) is 0 Å². The first-order valence-corrected chi connectivity index (χ1v) is 9.99. The molecule has 0 aliphatic rings. The van der Waals surface area contributed by atoms with Crippen LogP contribution in [0, 0.1) is 19.8 Å². The second-order valence-electron chi connectivity index (χ2n) is 6.39. The Kier molecular flexibility index (Phi) is 6.82. The third kappa shape index (κ3) is 4.64. The van der Waals surface area contributed by atoms with Gasteiger partial charge in [0, 0.05) is 12.2 Å². The van der Waals surface area contributed by atoms with Gasteiger partial charge in [-0.05, 0) is 32.3 Å². The van der Waals surface area contributed by atoms with Crippen LogP contribution in [0.15, 0.2) is 4.34 Å². The van der Waals surface area contributed by atoms with Gasteiger partial charge in [0.1, 0.15) is 0 Å². The molecule has 2 heterocycles. The van der Waals surface area contributed by atoms with Crippen molar-refractivity contribution in [3.8, 4) is 0 Å². The number of aryl methyl sites for hydroxylation is 1. The third-order valence-corrected chi connectivity index (χ3v) is 5.85. The van der Waals surface area contributed by atoms with Gasteiger partial charge in [-0.3, -0.25) is 4.79 Å². The normalized spacial score (nSPS) is 12.3. The van der Waals surface area contributed by atoms with Crippen molar-refractivity contribution in [2.75, 3.05) is 19.0 Å². The molecule has 0 aliphatic heterocycles. The molecular weight excluding hydrogens is 372 g/mol. The van der Waals surface area contributed by atoms with Gasteiger partial charge in [0.05, 0.1) is 23.6 Å². The maximum atomic E-state index is 12.8. The van der Waals surface area contributed by atoms with E-state index in [2.05, 4.69) is 34.3 Å². The number of aromatic amines is 1. The van der Waals surface area contributed by atoms with E-state index in [1.165, 1.54) is 30.2 Å². The Labute approximate surface area is 161 Å². The number of esters is 1. The number of hydrogen-bond donors (Lipinski definition) is 2. The highest BCUT2D eigenvalue weighted by molar-refractivity contribution is 8.02. The van der Waals surface area contributed by atoms with Gasteiger partial charge >= 0.3 is 5.97 Å². The number of carbonyl (C=O) groups excluding carboxylic acids is 2. The summed E-state index contributed by atoms with van der Waals surface area (Å²) in [7, 11) is 1.33. The Morgan fingerprint density at radius 3 is 2.58 bits per heavy atom. The Morgan fingerprint density at radius 2 is 1.96 bits per heavy atom. The summed E-state index contributed by atoms with van der Waals surface area (Å²) in [6.07, 6.45) is 0. The van der Waals surface area contributed by atoms with Crippen LogP contribution in [0.25, 0.3) is 0 Å². The Bertz CT molecular complexity index is 798. The summed E-state index contributed by atoms with van der Waals surface area (Å²) in [5, 5.41) is 11.8. The lowest BCUT2D eigenvalue weighted by Gasteiger charge is -2.07. The number of rotatable bonds is 8. The number of Topliss-reactive ketones (excluding diaryl/α,β-unsaturated/α-hetero) is 1. The lowest BCUT2D eigenvalue weighted by molar-refractivity contribution is 0.0599. The molecule has 0 bridgehead atoms. The molecule has 0 unspecified atom stereocenters. The minimum atomic E-state index is -0.444. The van der Waals surface area contributed by atoms with E-state index >= 15 is 0 Å². The predicted octanol–water partition coefficient (Wildman–Crippen LogP) is 3.70. The molecule has 2 N–H and O–H groups in total. The van der Waals surface area contributed by atoms with Crippen LogP contribution >= 0.6 is 23.1 Å². The fourth-order valence-electron chi connectivity index (χ4n) is 2.43. The summed E-state index contributed by atoms with van der Waals surface area (Å²) in [4.78, 5) is 27.7. The number of thioether (sulfide) groups is 1. The van der Waals surface area contributed by atoms with Crippen molar-refractivity contribution in [1.29, 1.82) is 0 Å². The second kappa shape index (κ2) is 8.68. The molecule has 2 aromatic rings. The van der Waals surface area contributed by atoms with E-state index in [1.807, 2.05) is 6.92 Å². The van der Waals surface area contributed by atoms with Gasteiger partial charge in [0.2, 0.25) is 5.13 Å². The smallest absolute Gasteiger partial charge is 0.339 e. The molecule has 0 amide bonds. The summed E-state index contributed by atoms with van der Waals surface area (Å²) in [5.41, 5.74) is 2.10. The number of ketones is 1. The second-order valence-corrected chi connectivity index (χ2v) is 8.95. The lowest BCUT2D eigenvalue weighted by atomic mass is 10.1. The van der Waals surface area contributed by atoms with E-state index in [0.717, 1.165) is 16.0 Å². The zero-order chi connectivity index (χ0) is 19.4. The van der Waals surface area contributed by atoms with Crippen molar-refractivity contribution in [2.45, 2.75) is 44.2 Å². The topological polar surface area (TPSA) is 97.0 Å². The maximum absolute atomic E-state index is 12.8. The van der Waals surface area contributed by atoms with E-state index in [9.17, 15) is 9.59 Å². The number of aromatic nitrogens is 3. The molecular formula is C17H24N4O3S2. The molecule has 26 heavy (non-hydrogen) atoms. The molecule has 9 heteroatoms. The van der Waals surface area contributed by atoms with E-state index < -0.39 is 5.97 Å². The van der Waals surface area contributed by atoms with E-state index in [0.29, 0.717) is 28.4 Å². The van der Waals surface area contributed by atoms with Gasteiger partial charge in [-0.15, -0.1) is 10.2 Å². The van der Waals surface area contributed by atoms with Crippen LogP contribution in [0.2, 0.25) is 0 Å². The van der Waals surface area contributed by atoms with Gasteiger partial charge in [0.25, 0.3) is 0 Å². The number of ether oxygens (including phenoxy) is 1. The molecule has 0 spiro atoms. The molecule has 0 saturated carbocycles. The van der Waals surface area contributed by atoms with Crippen LogP contribution in [0.4, 0.5) is 5.13 Å². The summed E-state index contributed by atoms with van der Waals surface area (Å²) in [6, 6.07) is 0. The number of H-pyrrole nitrogens is 1. The van der Waals surface area contributed by atoms with Crippen molar-refractivity contribution >= 4 is 40.0 Å². The molecule has 2 aromatic heterocycles. The van der Waals surface area contributed by atoms with Gasteiger partial charge in [-0.1, -0.05) is 36.9 Å². The van der Waals surface area contributed by atoms with Gasteiger partial charge in [0.15, 0.2) is 10.1 Å². The summed E-state index contributed by atoms with van der Waals surface area (Å²) < 4.78 is 5.52. The van der Waals surface area contributed by atoms with Gasteiger partial charge in [-0.25, -0.2) is 4.79 Å². The molecule has 0 aliphatic carbocycles. The molecule has 7 nitrogen and oxygen atoms in total. The zero-order valence-corrected chi connectivity index (χ0v) is 17.4. The van der Waals surface area contributed by atoms with E-state index in [-0.39, 0.29) is 11.0 Å². The predicted molar refractivity (Wildman–Crippen MR) is 104 cm³/mol. The molecule has 0 saturated heterocycles. The quantitative estimate of drug-likeness (QED) is 0.399. The summed E-state index contributed by atoms with van der Waals surface area (Å²) in [5.74, 6) is -0.0168. The number of nitrogens with one attached hydrogen (secondary N) is 2. The number of carbonyl (C=O) groups is 2. The summed E-state index contributed by atoms with van der Waals surface area (Å²) >= 11 is 2.79. The zero-order valence-electron chi connectivity index (χ0n) is 15.8. The number of anilines is 1. The maximum Gasteiger partial charge on any atom is 0.339 e. The molecule has 1 atom stereocenters. The largest absolute Gasteiger partial charge is 0.465 e. The Morgan fingerprint density at radius 1 is 1.27 bits per heavy atom. The van der Waals surface area contributed by atoms with Crippen molar-refractivity contribution in [1.82, 2.24) is 15.2 Å². The first-order chi connectivity index (χ1) is 12.2. The average molecular weight is 397 g/mol. The monoisotopic (exact) mass is 396 g/mol. The third-order valence-electron chi connectivity index (χ3n) is 3.79. The minimum Gasteiger partial charge on any atom is -0.465 e. The standard InChI is InChI=1S/C17H24N4O3S2/c1-8(2)7-18-16-20-21-17(26-16)25-11(5)14(22)13-9(3)12(10(4)19-13)15(23)24-6/h8,11,19H,7H2,1-6H3,(H,18,20)/t11-/m0/s1. The molecule has 0 radical (unpaired) electrons. The number of nitrogens with zero attached hydrogens (tertiary/aromatic N) is 2.